The quantitative estimate of drug-likeness (QED) is 0.598. The zero-order chi connectivity index (χ0) is 10.8. The highest BCUT2D eigenvalue weighted by Gasteiger charge is 2.17. The average Bonchev–Trinajstić information content (AvgIpc) is 2.20. The Bertz CT molecular complexity index is 388. The van der Waals surface area contributed by atoms with Crippen LogP contribution in [0.2, 0.25) is 0 Å². The van der Waals surface area contributed by atoms with Crippen molar-refractivity contribution < 1.29 is 5.11 Å². The minimum atomic E-state index is -0.558. The second kappa shape index (κ2) is 3.95. The van der Waals surface area contributed by atoms with Crippen molar-refractivity contribution in [3.05, 3.63) is 46.8 Å². The molecule has 0 saturated carbocycles. The Kier molecular flexibility index (Phi) is 2.64. The van der Waals surface area contributed by atoms with Gasteiger partial charge in [-0.25, -0.2) is 0 Å². The molecule has 0 aromatic heterocycles. The fraction of sp³-hybridized carbons (Fsp3) is 0.333. The molecule has 0 aliphatic heterocycles. The molecule has 2 aliphatic carbocycles. The van der Waals surface area contributed by atoms with Gasteiger partial charge in [-0.1, -0.05) is 18.2 Å². The van der Waals surface area contributed by atoms with Gasteiger partial charge in [0.1, 0.15) is 0 Å². The highest BCUT2D eigenvalue weighted by molar-refractivity contribution is 5.43. The third kappa shape index (κ3) is 2.13. The molecule has 3 heteroatoms. The predicted molar refractivity (Wildman–Crippen MR) is 60.6 cm³/mol. The van der Waals surface area contributed by atoms with Crippen molar-refractivity contribution in [1.29, 1.82) is 0 Å². The monoisotopic (exact) mass is 204 g/mol. The summed E-state index contributed by atoms with van der Waals surface area (Å²) in [6.45, 7) is 0. The Morgan fingerprint density at radius 2 is 1.73 bits per heavy atom. The van der Waals surface area contributed by atoms with Crippen LogP contribution in [0.5, 0.6) is 0 Å². The lowest BCUT2D eigenvalue weighted by atomic mass is 9.89. The molecule has 0 amide bonds. The van der Waals surface area contributed by atoms with Crippen LogP contribution >= 0.6 is 0 Å². The summed E-state index contributed by atoms with van der Waals surface area (Å²) in [7, 11) is 0. The first-order valence-corrected chi connectivity index (χ1v) is 5.15. The molecule has 15 heavy (non-hydrogen) atoms. The largest absolute Gasteiger partial charge is 0.402 e. The molecule has 0 radical (unpaired) electrons. The van der Waals surface area contributed by atoms with Gasteiger partial charge in [-0.15, -0.1) is 0 Å². The molecule has 0 fully saturated rings. The first-order valence-electron chi connectivity index (χ1n) is 5.15. The van der Waals surface area contributed by atoms with E-state index in [1.165, 1.54) is 5.57 Å². The molecule has 0 saturated heterocycles. The Balaban J connectivity index is 2.13. The van der Waals surface area contributed by atoms with Gasteiger partial charge in [-0.2, -0.15) is 0 Å². The second-order valence-electron chi connectivity index (χ2n) is 3.97. The molecule has 80 valence electrons. The molecule has 1 unspecified atom stereocenters. The smallest absolute Gasteiger partial charge is 0.0991 e. The van der Waals surface area contributed by atoms with Crippen LogP contribution in [-0.2, 0) is 0 Å². The normalized spacial score (nSPS) is 26.3. The summed E-state index contributed by atoms with van der Waals surface area (Å²) in [6.07, 6.45) is 9.55. The summed E-state index contributed by atoms with van der Waals surface area (Å²) >= 11 is 0. The van der Waals surface area contributed by atoms with E-state index in [-0.39, 0.29) is 0 Å². The van der Waals surface area contributed by atoms with Crippen molar-refractivity contribution in [3.63, 3.8) is 0 Å². The van der Waals surface area contributed by atoms with Crippen LogP contribution in [0.3, 0.4) is 0 Å². The van der Waals surface area contributed by atoms with Crippen LogP contribution in [0.25, 0.3) is 0 Å². The SMILES string of the molecule is NC1=CCC(C2=CCC(N)=CC2O)=CC1. The van der Waals surface area contributed by atoms with Crippen molar-refractivity contribution in [2.45, 2.75) is 25.4 Å². The number of hydrogen-bond acceptors (Lipinski definition) is 3. The van der Waals surface area contributed by atoms with Gasteiger partial charge >= 0.3 is 0 Å². The van der Waals surface area contributed by atoms with Gasteiger partial charge in [0.25, 0.3) is 0 Å². The van der Waals surface area contributed by atoms with E-state index in [4.69, 9.17) is 11.5 Å². The van der Waals surface area contributed by atoms with Crippen LogP contribution in [0.4, 0.5) is 0 Å². The summed E-state index contributed by atoms with van der Waals surface area (Å²) in [5.74, 6) is 0. The first kappa shape index (κ1) is 10.1. The Morgan fingerprint density at radius 1 is 1.00 bits per heavy atom. The first-order chi connectivity index (χ1) is 7.16. The van der Waals surface area contributed by atoms with Crippen LogP contribution in [-0.4, -0.2) is 11.2 Å². The van der Waals surface area contributed by atoms with E-state index in [2.05, 4.69) is 6.08 Å². The van der Waals surface area contributed by atoms with Crippen LogP contribution in [0.1, 0.15) is 19.3 Å². The standard InChI is InChI=1S/C12H16N2O/c13-9-3-1-8(2-4-9)11-6-5-10(14)7-12(11)15/h1,4,6-7,12,15H,2-3,5,13-14H2. The highest BCUT2D eigenvalue weighted by Crippen LogP contribution is 2.27. The molecule has 0 aromatic carbocycles. The Hall–Kier alpha value is -1.48. The van der Waals surface area contributed by atoms with Crippen LogP contribution < -0.4 is 11.5 Å². The molecule has 0 aromatic rings. The molecule has 0 heterocycles. The lowest BCUT2D eigenvalue weighted by Crippen LogP contribution is -2.17. The summed E-state index contributed by atoms with van der Waals surface area (Å²) in [4.78, 5) is 0. The number of nitrogens with two attached hydrogens (primary N) is 2. The molecule has 5 N–H and O–H groups in total. The Morgan fingerprint density at radius 3 is 2.33 bits per heavy atom. The number of rotatable bonds is 1. The average molecular weight is 204 g/mol. The fourth-order valence-corrected chi connectivity index (χ4v) is 1.91. The number of hydrogen-bond donors (Lipinski definition) is 3. The van der Waals surface area contributed by atoms with E-state index in [0.29, 0.717) is 0 Å². The maximum absolute atomic E-state index is 9.84. The van der Waals surface area contributed by atoms with Crippen molar-refractivity contribution in [2.75, 3.05) is 0 Å². The molecule has 2 aliphatic rings. The van der Waals surface area contributed by atoms with Gasteiger partial charge in [0.2, 0.25) is 0 Å². The summed E-state index contributed by atoms with van der Waals surface area (Å²) in [6, 6.07) is 0. The van der Waals surface area contributed by atoms with E-state index in [1.54, 1.807) is 6.08 Å². The number of aliphatic hydroxyl groups excluding tert-OH is 1. The topological polar surface area (TPSA) is 72.3 Å². The molecule has 0 spiro atoms. The van der Waals surface area contributed by atoms with Gasteiger partial charge in [0, 0.05) is 24.2 Å². The second-order valence-corrected chi connectivity index (χ2v) is 3.97. The third-order valence-electron chi connectivity index (χ3n) is 2.79. The zero-order valence-electron chi connectivity index (χ0n) is 8.61. The van der Waals surface area contributed by atoms with E-state index in [0.717, 1.165) is 36.2 Å². The highest BCUT2D eigenvalue weighted by atomic mass is 16.3. The molecule has 1 atom stereocenters. The summed E-state index contributed by atoms with van der Waals surface area (Å²) in [5, 5.41) is 9.84. The summed E-state index contributed by atoms with van der Waals surface area (Å²) in [5.41, 5.74) is 15.1. The maximum atomic E-state index is 9.84. The van der Waals surface area contributed by atoms with Crippen molar-refractivity contribution >= 4 is 0 Å². The van der Waals surface area contributed by atoms with Gasteiger partial charge in [0.05, 0.1) is 6.10 Å². The minimum Gasteiger partial charge on any atom is -0.402 e. The van der Waals surface area contributed by atoms with Crippen LogP contribution in [0, 0.1) is 0 Å². The molecule has 0 bridgehead atoms. The molecular formula is C12H16N2O. The van der Waals surface area contributed by atoms with Crippen molar-refractivity contribution in [3.8, 4) is 0 Å². The van der Waals surface area contributed by atoms with E-state index >= 15 is 0 Å². The lowest BCUT2D eigenvalue weighted by Gasteiger charge is -2.21. The third-order valence-corrected chi connectivity index (χ3v) is 2.79. The van der Waals surface area contributed by atoms with Gasteiger partial charge in [-0.05, 0) is 23.6 Å². The van der Waals surface area contributed by atoms with Gasteiger partial charge in [0.15, 0.2) is 0 Å². The van der Waals surface area contributed by atoms with Crippen molar-refractivity contribution in [2.24, 2.45) is 11.5 Å². The Labute approximate surface area is 89.5 Å². The number of aliphatic hydroxyl groups is 1. The lowest BCUT2D eigenvalue weighted by molar-refractivity contribution is 0.257. The maximum Gasteiger partial charge on any atom is 0.0991 e. The van der Waals surface area contributed by atoms with Gasteiger partial charge in [-0.3, -0.25) is 0 Å². The molecule has 2 rings (SSSR count). The minimum absolute atomic E-state index is 0.558. The van der Waals surface area contributed by atoms with Crippen molar-refractivity contribution in [1.82, 2.24) is 0 Å². The van der Waals surface area contributed by atoms with E-state index in [1.807, 2.05) is 12.2 Å². The van der Waals surface area contributed by atoms with Crippen LogP contribution in [0.15, 0.2) is 46.8 Å². The molecule has 3 nitrogen and oxygen atoms in total. The summed E-state index contributed by atoms with van der Waals surface area (Å²) < 4.78 is 0. The van der Waals surface area contributed by atoms with E-state index in [9.17, 15) is 5.11 Å². The number of allylic oxidation sites excluding steroid dienone is 3. The predicted octanol–water partition coefficient (Wildman–Crippen LogP) is 1.08. The van der Waals surface area contributed by atoms with Gasteiger partial charge < -0.3 is 16.6 Å². The zero-order valence-corrected chi connectivity index (χ0v) is 8.61. The van der Waals surface area contributed by atoms with E-state index < -0.39 is 6.10 Å². The fourth-order valence-electron chi connectivity index (χ4n) is 1.91. The molecular weight excluding hydrogens is 188 g/mol.